The number of carbonyl (C=O) groups excluding carboxylic acids is 1. The van der Waals surface area contributed by atoms with Crippen LogP contribution in [0.25, 0.3) is 0 Å². The van der Waals surface area contributed by atoms with Gasteiger partial charge in [0.05, 0.1) is 12.1 Å². The van der Waals surface area contributed by atoms with Crippen LogP contribution in [0.2, 0.25) is 0 Å². The predicted octanol–water partition coefficient (Wildman–Crippen LogP) is 2.13. The third-order valence-electron chi connectivity index (χ3n) is 3.38. The summed E-state index contributed by atoms with van der Waals surface area (Å²) in [5, 5.41) is 2.88. The normalized spacial score (nSPS) is 19.4. The number of hydrogen-bond acceptors (Lipinski definition) is 3. The van der Waals surface area contributed by atoms with Gasteiger partial charge in [0.1, 0.15) is 5.75 Å². The van der Waals surface area contributed by atoms with Gasteiger partial charge in [0, 0.05) is 0 Å². The van der Waals surface area contributed by atoms with Crippen LogP contribution in [0.4, 0.5) is 8.78 Å². The Balaban J connectivity index is 2.17. The van der Waals surface area contributed by atoms with Gasteiger partial charge in [0.25, 0.3) is 0 Å². The minimum Gasteiger partial charge on any atom is -0.435 e. The van der Waals surface area contributed by atoms with Crippen molar-refractivity contribution in [1.82, 2.24) is 5.32 Å². The fraction of sp³-hybridized carbons (Fsp3) is 0.500. The standard InChI is InChI=1S/C14H18F2N2O2/c1-8(17)13(19)18-12-4-2-3-9-7-10(20-14(15)16)5-6-11(9)12/h5-8,12,14H,2-4,17H2,1H3,(H,18,19)/t8-,12?/m0/s1. The van der Waals surface area contributed by atoms with E-state index in [9.17, 15) is 13.6 Å². The minimum atomic E-state index is -2.83. The maximum Gasteiger partial charge on any atom is 0.387 e. The van der Waals surface area contributed by atoms with Crippen LogP contribution in [0.3, 0.4) is 0 Å². The molecule has 1 aliphatic rings. The van der Waals surface area contributed by atoms with Crippen LogP contribution in [-0.4, -0.2) is 18.6 Å². The van der Waals surface area contributed by atoms with Gasteiger partial charge >= 0.3 is 6.61 Å². The Morgan fingerprint density at radius 3 is 2.90 bits per heavy atom. The molecule has 0 heterocycles. The maximum atomic E-state index is 12.2. The lowest BCUT2D eigenvalue weighted by atomic mass is 9.87. The number of hydrogen-bond donors (Lipinski definition) is 2. The highest BCUT2D eigenvalue weighted by atomic mass is 19.3. The Bertz CT molecular complexity index is 492. The van der Waals surface area contributed by atoms with Crippen molar-refractivity contribution in [2.75, 3.05) is 0 Å². The predicted molar refractivity (Wildman–Crippen MR) is 70.5 cm³/mol. The highest BCUT2D eigenvalue weighted by Crippen LogP contribution is 2.32. The van der Waals surface area contributed by atoms with Gasteiger partial charge < -0.3 is 15.8 Å². The van der Waals surface area contributed by atoms with Gasteiger partial charge in [-0.05, 0) is 49.4 Å². The van der Waals surface area contributed by atoms with Crippen molar-refractivity contribution in [3.8, 4) is 5.75 Å². The molecule has 1 amide bonds. The van der Waals surface area contributed by atoms with Gasteiger partial charge in [0.15, 0.2) is 0 Å². The summed E-state index contributed by atoms with van der Waals surface area (Å²) >= 11 is 0. The zero-order valence-corrected chi connectivity index (χ0v) is 11.2. The van der Waals surface area contributed by atoms with Crippen molar-refractivity contribution >= 4 is 5.91 Å². The van der Waals surface area contributed by atoms with E-state index in [1.165, 1.54) is 6.07 Å². The molecule has 0 spiro atoms. The van der Waals surface area contributed by atoms with Crippen LogP contribution in [0.1, 0.15) is 36.9 Å². The summed E-state index contributed by atoms with van der Waals surface area (Å²) in [6.07, 6.45) is 2.50. The number of fused-ring (bicyclic) bond motifs is 1. The Kier molecular flexibility index (Phi) is 4.54. The van der Waals surface area contributed by atoms with E-state index in [0.717, 1.165) is 30.4 Å². The third-order valence-corrected chi connectivity index (χ3v) is 3.38. The molecule has 6 heteroatoms. The Morgan fingerprint density at radius 2 is 2.25 bits per heavy atom. The first-order chi connectivity index (χ1) is 9.47. The smallest absolute Gasteiger partial charge is 0.387 e. The van der Waals surface area contributed by atoms with Crippen LogP contribution >= 0.6 is 0 Å². The molecule has 20 heavy (non-hydrogen) atoms. The molecule has 1 aromatic carbocycles. The number of benzene rings is 1. The monoisotopic (exact) mass is 284 g/mol. The lowest BCUT2D eigenvalue weighted by molar-refractivity contribution is -0.122. The lowest BCUT2D eigenvalue weighted by Crippen LogP contribution is -2.41. The Morgan fingerprint density at radius 1 is 1.50 bits per heavy atom. The summed E-state index contributed by atoms with van der Waals surface area (Å²) in [7, 11) is 0. The summed E-state index contributed by atoms with van der Waals surface area (Å²) < 4.78 is 28.8. The molecule has 4 nitrogen and oxygen atoms in total. The largest absolute Gasteiger partial charge is 0.435 e. The number of halogens is 2. The summed E-state index contributed by atoms with van der Waals surface area (Å²) in [5.74, 6) is -0.0614. The molecule has 1 unspecified atom stereocenters. The number of ether oxygens (including phenoxy) is 1. The third kappa shape index (κ3) is 3.45. The molecule has 110 valence electrons. The summed E-state index contributed by atoms with van der Waals surface area (Å²) in [6, 6.07) is 4.17. The van der Waals surface area contributed by atoms with E-state index in [4.69, 9.17) is 5.73 Å². The molecule has 0 aromatic heterocycles. The zero-order chi connectivity index (χ0) is 14.7. The summed E-state index contributed by atoms with van der Waals surface area (Å²) in [4.78, 5) is 11.7. The van der Waals surface area contributed by atoms with Gasteiger partial charge in [-0.1, -0.05) is 6.07 Å². The van der Waals surface area contributed by atoms with Gasteiger partial charge in [-0.2, -0.15) is 8.78 Å². The maximum absolute atomic E-state index is 12.2. The van der Waals surface area contributed by atoms with Gasteiger partial charge in [-0.15, -0.1) is 0 Å². The fourth-order valence-corrected chi connectivity index (χ4v) is 2.42. The molecule has 1 aliphatic carbocycles. The Labute approximate surface area is 116 Å². The average Bonchev–Trinajstić information content (AvgIpc) is 2.37. The van der Waals surface area contributed by atoms with Gasteiger partial charge in [0.2, 0.25) is 5.91 Å². The first-order valence-corrected chi connectivity index (χ1v) is 6.61. The van der Waals surface area contributed by atoms with E-state index in [0.29, 0.717) is 0 Å². The number of nitrogens with one attached hydrogen (secondary N) is 1. The highest BCUT2D eigenvalue weighted by Gasteiger charge is 2.23. The molecule has 3 N–H and O–H groups in total. The molecule has 0 saturated heterocycles. The minimum absolute atomic E-state index is 0.113. The van der Waals surface area contributed by atoms with E-state index in [1.807, 2.05) is 0 Å². The van der Waals surface area contributed by atoms with Crippen LogP contribution in [0.15, 0.2) is 18.2 Å². The Hall–Kier alpha value is -1.69. The van der Waals surface area contributed by atoms with Crippen molar-refractivity contribution in [3.63, 3.8) is 0 Å². The van der Waals surface area contributed by atoms with Crippen molar-refractivity contribution in [2.24, 2.45) is 5.73 Å². The fourth-order valence-electron chi connectivity index (χ4n) is 2.42. The van der Waals surface area contributed by atoms with E-state index in [-0.39, 0.29) is 17.7 Å². The molecule has 0 radical (unpaired) electrons. The van der Waals surface area contributed by atoms with Crippen molar-refractivity contribution in [3.05, 3.63) is 29.3 Å². The quantitative estimate of drug-likeness (QED) is 0.890. The summed E-state index contributed by atoms with van der Waals surface area (Å²) in [6.45, 7) is -1.20. The topological polar surface area (TPSA) is 64.4 Å². The lowest BCUT2D eigenvalue weighted by Gasteiger charge is -2.27. The van der Waals surface area contributed by atoms with Crippen LogP contribution in [0.5, 0.6) is 5.75 Å². The van der Waals surface area contributed by atoms with E-state index >= 15 is 0 Å². The number of rotatable bonds is 4. The number of amides is 1. The number of alkyl halides is 2. The molecule has 0 aliphatic heterocycles. The molecule has 0 fully saturated rings. The molecule has 0 bridgehead atoms. The highest BCUT2D eigenvalue weighted by molar-refractivity contribution is 5.81. The molecule has 0 saturated carbocycles. The molecule has 2 rings (SSSR count). The zero-order valence-electron chi connectivity index (χ0n) is 11.2. The van der Waals surface area contributed by atoms with Crippen molar-refractivity contribution < 1.29 is 18.3 Å². The second kappa shape index (κ2) is 6.17. The number of nitrogens with two attached hydrogens (primary N) is 1. The van der Waals surface area contributed by atoms with Crippen LogP contribution in [-0.2, 0) is 11.2 Å². The SMILES string of the molecule is C[C@H](N)C(=O)NC1CCCc2cc(OC(F)F)ccc21. The van der Waals surface area contributed by atoms with Crippen LogP contribution < -0.4 is 15.8 Å². The number of aryl methyl sites for hydroxylation is 1. The first-order valence-electron chi connectivity index (χ1n) is 6.61. The van der Waals surface area contributed by atoms with E-state index < -0.39 is 12.7 Å². The molecule has 1 aromatic rings. The molecular formula is C14H18F2N2O2. The molecular weight excluding hydrogens is 266 g/mol. The average molecular weight is 284 g/mol. The van der Waals surface area contributed by atoms with Crippen molar-refractivity contribution in [2.45, 2.75) is 44.9 Å². The van der Waals surface area contributed by atoms with E-state index in [2.05, 4.69) is 10.1 Å². The van der Waals surface area contributed by atoms with Crippen molar-refractivity contribution in [1.29, 1.82) is 0 Å². The van der Waals surface area contributed by atoms with Gasteiger partial charge in [-0.25, -0.2) is 0 Å². The van der Waals surface area contributed by atoms with Gasteiger partial charge in [-0.3, -0.25) is 4.79 Å². The second-order valence-electron chi connectivity index (χ2n) is 4.98. The molecule has 2 atom stereocenters. The first kappa shape index (κ1) is 14.7. The van der Waals surface area contributed by atoms with E-state index in [1.54, 1.807) is 19.1 Å². The van der Waals surface area contributed by atoms with Crippen LogP contribution in [0, 0.1) is 0 Å². The number of carbonyl (C=O) groups is 1. The summed E-state index contributed by atoms with van der Waals surface area (Å²) in [5.41, 5.74) is 7.42. The second-order valence-corrected chi connectivity index (χ2v) is 4.98.